The number of nitrogens with one attached hydrogen (secondary N) is 2. The van der Waals surface area contributed by atoms with Crippen molar-refractivity contribution in [3.8, 4) is 0 Å². The van der Waals surface area contributed by atoms with Gasteiger partial charge in [-0.25, -0.2) is 0 Å². The summed E-state index contributed by atoms with van der Waals surface area (Å²) in [7, 11) is 0. The number of carbonyl (C=O) groups is 3. The highest BCUT2D eigenvalue weighted by molar-refractivity contribution is 9.10. The summed E-state index contributed by atoms with van der Waals surface area (Å²) >= 11 is 9.20. The van der Waals surface area contributed by atoms with Crippen molar-refractivity contribution in [3.63, 3.8) is 0 Å². The smallest absolute Gasteiger partial charge is 0.256 e. The van der Waals surface area contributed by atoms with Gasteiger partial charge < -0.3 is 20.6 Å². The van der Waals surface area contributed by atoms with Gasteiger partial charge in [-0.3, -0.25) is 14.4 Å². The fourth-order valence-corrected chi connectivity index (χ4v) is 3.83. The van der Waals surface area contributed by atoms with Crippen LogP contribution in [0.4, 0.5) is 5.69 Å². The van der Waals surface area contributed by atoms with E-state index in [4.69, 9.17) is 11.6 Å². The fraction of sp³-hybridized carbons (Fsp3) is 0.286. The molecule has 0 aliphatic carbocycles. The molecule has 9 heteroatoms. The number of benzene rings is 2. The average molecular weight is 495 g/mol. The Morgan fingerprint density at radius 1 is 1.20 bits per heavy atom. The number of β-amino-alcohol motifs (C(OH)–C–C–N with tert-alkyl or cyclic N) is 1. The number of nitrogens with zero attached hydrogens (tertiary/aromatic N) is 1. The van der Waals surface area contributed by atoms with Crippen LogP contribution in [0.5, 0.6) is 0 Å². The lowest BCUT2D eigenvalue weighted by atomic mass is 10.1. The second-order valence-corrected chi connectivity index (χ2v) is 8.43. The molecule has 1 unspecified atom stereocenters. The van der Waals surface area contributed by atoms with E-state index in [-0.39, 0.29) is 36.9 Å². The van der Waals surface area contributed by atoms with Crippen LogP contribution >= 0.6 is 27.5 Å². The monoisotopic (exact) mass is 493 g/mol. The number of likely N-dealkylation sites (tertiary alicyclic amines) is 1. The molecule has 0 aromatic heterocycles. The van der Waals surface area contributed by atoms with Gasteiger partial charge in [-0.2, -0.15) is 0 Å². The Hall–Kier alpha value is -2.42. The highest BCUT2D eigenvalue weighted by Crippen LogP contribution is 2.27. The Kier molecular flexibility index (Phi) is 7.12. The number of aliphatic hydroxyl groups is 1. The third-order valence-corrected chi connectivity index (χ3v) is 5.49. The lowest BCUT2D eigenvalue weighted by molar-refractivity contribution is -0.125. The molecular weight excluding hydrogens is 474 g/mol. The zero-order valence-corrected chi connectivity index (χ0v) is 18.5. The largest absolute Gasteiger partial charge is 0.391 e. The summed E-state index contributed by atoms with van der Waals surface area (Å²) < 4.78 is 0.656. The lowest BCUT2D eigenvalue weighted by Crippen LogP contribution is -2.46. The van der Waals surface area contributed by atoms with Crippen LogP contribution in [0.1, 0.15) is 29.3 Å². The maximum absolute atomic E-state index is 13.2. The Labute approximate surface area is 187 Å². The number of carbonyl (C=O) groups excluding carboxylic acids is 3. The minimum Gasteiger partial charge on any atom is -0.391 e. The lowest BCUT2D eigenvalue weighted by Gasteiger charge is -2.25. The molecule has 0 radical (unpaired) electrons. The summed E-state index contributed by atoms with van der Waals surface area (Å²) in [6.45, 7) is 1.66. The van der Waals surface area contributed by atoms with Gasteiger partial charge in [0.2, 0.25) is 11.8 Å². The molecule has 3 N–H and O–H groups in total. The molecule has 2 atom stereocenters. The van der Waals surface area contributed by atoms with Crippen molar-refractivity contribution in [1.29, 1.82) is 0 Å². The predicted octanol–water partition coefficient (Wildman–Crippen LogP) is 2.95. The van der Waals surface area contributed by atoms with Crippen LogP contribution in [0.2, 0.25) is 5.02 Å². The topological polar surface area (TPSA) is 98.7 Å². The van der Waals surface area contributed by atoms with E-state index >= 15 is 0 Å². The number of rotatable bonds is 5. The Bertz CT molecular complexity index is 967. The number of aliphatic hydroxyl groups excluding tert-OH is 1. The van der Waals surface area contributed by atoms with Gasteiger partial charge in [-0.15, -0.1) is 0 Å². The second-order valence-electron chi connectivity index (χ2n) is 7.08. The first-order chi connectivity index (χ1) is 14.2. The molecule has 3 rings (SSSR count). The van der Waals surface area contributed by atoms with E-state index in [1.165, 1.54) is 11.8 Å². The standard InChI is InChI=1S/C21H21BrClN3O4/c1-12(27)25-18-7-4-14(22)8-17(18)21(30)26-11-16(28)9-19(26)20(29)24-10-13-2-5-15(23)6-3-13/h2-8,16,19,28H,9-11H2,1H3,(H,24,29)(H,25,27)/t16-,19?/m1/s1. The molecule has 1 aliphatic rings. The summed E-state index contributed by atoms with van der Waals surface area (Å²) in [5.74, 6) is -1.11. The van der Waals surface area contributed by atoms with Gasteiger partial charge in [-0.1, -0.05) is 39.7 Å². The van der Waals surface area contributed by atoms with Gasteiger partial charge in [0, 0.05) is 35.9 Å². The van der Waals surface area contributed by atoms with E-state index in [0.29, 0.717) is 15.2 Å². The molecule has 2 aromatic carbocycles. The van der Waals surface area contributed by atoms with Crippen molar-refractivity contribution in [2.75, 3.05) is 11.9 Å². The molecule has 2 aromatic rings. The molecule has 158 valence electrons. The fourth-order valence-electron chi connectivity index (χ4n) is 3.34. The summed E-state index contributed by atoms with van der Waals surface area (Å²) in [5, 5.41) is 16.2. The summed E-state index contributed by atoms with van der Waals surface area (Å²) in [5.41, 5.74) is 1.45. The molecule has 3 amide bonds. The highest BCUT2D eigenvalue weighted by Gasteiger charge is 2.39. The summed E-state index contributed by atoms with van der Waals surface area (Å²) in [6.07, 6.45) is -0.668. The third kappa shape index (κ3) is 5.38. The Balaban J connectivity index is 1.77. The maximum atomic E-state index is 13.2. The van der Waals surface area contributed by atoms with Crippen molar-refractivity contribution >= 4 is 50.9 Å². The molecule has 1 saturated heterocycles. The minimum absolute atomic E-state index is 0.0316. The molecule has 7 nitrogen and oxygen atoms in total. The predicted molar refractivity (Wildman–Crippen MR) is 117 cm³/mol. The second kappa shape index (κ2) is 9.59. The SMILES string of the molecule is CC(=O)Nc1ccc(Br)cc1C(=O)N1C[C@H](O)CC1C(=O)NCc1ccc(Cl)cc1. The van der Waals surface area contributed by atoms with Gasteiger partial charge in [0.05, 0.1) is 17.4 Å². The van der Waals surface area contributed by atoms with Crippen LogP contribution in [0.3, 0.4) is 0 Å². The Morgan fingerprint density at radius 2 is 1.90 bits per heavy atom. The quantitative estimate of drug-likeness (QED) is 0.595. The third-order valence-electron chi connectivity index (χ3n) is 4.75. The number of amides is 3. The van der Waals surface area contributed by atoms with Crippen molar-refractivity contribution in [1.82, 2.24) is 10.2 Å². The first kappa shape index (κ1) is 22.3. The van der Waals surface area contributed by atoms with Gasteiger partial charge in [0.25, 0.3) is 5.91 Å². The molecule has 1 fully saturated rings. The molecule has 0 spiro atoms. The first-order valence-corrected chi connectivity index (χ1v) is 10.5. The molecule has 0 saturated carbocycles. The molecular formula is C21H21BrClN3O4. The zero-order chi connectivity index (χ0) is 21.8. The van der Waals surface area contributed by atoms with Crippen LogP contribution in [-0.2, 0) is 16.1 Å². The van der Waals surface area contributed by atoms with E-state index in [9.17, 15) is 19.5 Å². The van der Waals surface area contributed by atoms with Crippen LogP contribution in [0, 0.1) is 0 Å². The van der Waals surface area contributed by atoms with E-state index in [1.807, 2.05) is 0 Å². The van der Waals surface area contributed by atoms with Gasteiger partial charge in [-0.05, 0) is 35.9 Å². The minimum atomic E-state index is -0.816. The number of halogens is 2. The van der Waals surface area contributed by atoms with Crippen LogP contribution < -0.4 is 10.6 Å². The van der Waals surface area contributed by atoms with Crippen LogP contribution in [0.25, 0.3) is 0 Å². The molecule has 30 heavy (non-hydrogen) atoms. The van der Waals surface area contributed by atoms with E-state index in [2.05, 4.69) is 26.6 Å². The van der Waals surface area contributed by atoms with Crippen molar-refractivity contribution in [2.24, 2.45) is 0 Å². The maximum Gasteiger partial charge on any atom is 0.256 e. The average Bonchev–Trinajstić information content (AvgIpc) is 3.09. The van der Waals surface area contributed by atoms with Crippen molar-refractivity contribution < 1.29 is 19.5 Å². The van der Waals surface area contributed by atoms with E-state index in [1.54, 1.807) is 42.5 Å². The van der Waals surface area contributed by atoms with Crippen molar-refractivity contribution in [2.45, 2.75) is 32.0 Å². The summed E-state index contributed by atoms with van der Waals surface area (Å²) in [4.78, 5) is 38.8. The normalized spacial score (nSPS) is 18.2. The van der Waals surface area contributed by atoms with Gasteiger partial charge in [0.15, 0.2) is 0 Å². The van der Waals surface area contributed by atoms with Gasteiger partial charge >= 0.3 is 0 Å². The Morgan fingerprint density at radius 3 is 2.57 bits per heavy atom. The van der Waals surface area contributed by atoms with E-state index < -0.39 is 18.1 Å². The van der Waals surface area contributed by atoms with Gasteiger partial charge in [0.1, 0.15) is 6.04 Å². The van der Waals surface area contributed by atoms with Crippen molar-refractivity contribution in [3.05, 3.63) is 63.1 Å². The number of hydrogen-bond donors (Lipinski definition) is 3. The van der Waals surface area contributed by atoms with E-state index in [0.717, 1.165) is 5.56 Å². The zero-order valence-electron chi connectivity index (χ0n) is 16.2. The van der Waals surface area contributed by atoms with Crippen LogP contribution in [0.15, 0.2) is 46.9 Å². The molecule has 1 aliphatic heterocycles. The van der Waals surface area contributed by atoms with Crippen LogP contribution in [-0.4, -0.2) is 46.4 Å². The highest BCUT2D eigenvalue weighted by atomic mass is 79.9. The summed E-state index contributed by atoms with van der Waals surface area (Å²) in [6, 6.07) is 11.2. The number of hydrogen-bond acceptors (Lipinski definition) is 4. The molecule has 0 bridgehead atoms. The first-order valence-electron chi connectivity index (χ1n) is 9.33. The number of anilines is 1. The molecule has 1 heterocycles.